The molecule has 0 bridgehead atoms. The van der Waals surface area contributed by atoms with Crippen molar-refractivity contribution in [1.82, 2.24) is 0 Å². The molecule has 2 aromatic rings. The molecule has 1 aromatic carbocycles. The largest absolute Gasteiger partial charge is 0.497 e. The molecule has 0 spiro atoms. The Morgan fingerprint density at radius 1 is 1.11 bits per heavy atom. The van der Waals surface area contributed by atoms with E-state index in [-0.39, 0.29) is 5.78 Å². The van der Waals surface area contributed by atoms with Crippen molar-refractivity contribution in [3.8, 4) is 11.5 Å². The van der Waals surface area contributed by atoms with Gasteiger partial charge in [0.15, 0.2) is 5.78 Å². The Bertz CT molecular complexity index is 572. The SMILES string of the molecule is COc1ccc(C(=O)c2ccsc2C)c(OC)c1. The molecule has 0 unspecified atom stereocenters. The molecule has 1 aromatic heterocycles. The molecule has 0 saturated carbocycles. The highest BCUT2D eigenvalue weighted by molar-refractivity contribution is 7.10. The topological polar surface area (TPSA) is 35.5 Å². The number of benzene rings is 1. The number of methoxy groups -OCH3 is 2. The number of hydrogen-bond acceptors (Lipinski definition) is 4. The number of aryl methyl sites for hydroxylation is 1. The van der Waals surface area contributed by atoms with Gasteiger partial charge in [0.25, 0.3) is 0 Å². The number of thiophene rings is 1. The zero-order chi connectivity index (χ0) is 13.1. The molecule has 0 aliphatic heterocycles. The van der Waals surface area contributed by atoms with Crippen molar-refractivity contribution >= 4 is 17.1 Å². The first-order valence-corrected chi connectivity index (χ1v) is 6.36. The Morgan fingerprint density at radius 3 is 2.44 bits per heavy atom. The molecule has 2 rings (SSSR count). The second-order valence-corrected chi connectivity index (χ2v) is 4.91. The molecule has 0 amide bonds. The van der Waals surface area contributed by atoms with Crippen molar-refractivity contribution < 1.29 is 14.3 Å². The number of carbonyl (C=O) groups is 1. The Balaban J connectivity index is 2.45. The van der Waals surface area contributed by atoms with Crippen molar-refractivity contribution in [2.24, 2.45) is 0 Å². The number of rotatable bonds is 4. The minimum atomic E-state index is -0.0201. The fourth-order valence-electron chi connectivity index (χ4n) is 1.75. The van der Waals surface area contributed by atoms with Crippen molar-refractivity contribution in [2.45, 2.75) is 6.92 Å². The van der Waals surface area contributed by atoms with Crippen LogP contribution < -0.4 is 9.47 Å². The summed E-state index contributed by atoms with van der Waals surface area (Å²) in [6.45, 7) is 1.94. The van der Waals surface area contributed by atoms with E-state index in [0.29, 0.717) is 17.1 Å². The van der Waals surface area contributed by atoms with Crippen LogP contribution in [0.5, 0.6) is 11.5 Å². The van der Waals surface area contributed by atoms with E-state index < -0.39 is 0 Å². The molecular formula is C14H14O3S. The van der Waals surface area contributed by atoms with Gasteiger partial charge in [0.2, 0.25) is 0 Å². The number of ether oxygens (including phenoxy) is 2. The molecule has 4 heteroatoms. The third-order valence-corrected chi connectivity index (χ3v) is 3.60. The average molecular weight is 262 g/mol. The molecule has 0 atom stereocenters. The zero-order valence-electron chi connectivity index (χ0n) is 10.5. The summed E-state index contributed by atoms with van der Waals surface area (Å²) in [5.74, 6) is 1.18. The highest BCUT2D eigenvalue weighted by atomic mass is 32.1. The highest BCUT2D eigenvalue weighted by Crippen LogP contribution is 2.28. The third kappa shape index (κ3) is 2.24. The smallest absolute Gasteiger partial charge is 0.197 e. The summed E-state index contributed by atoms with van der Waals surface area (Å²) in [5, 5.41) is 1.92. The van der Waals surface area contributed by atoms with Gasteiger partial charge in [0.05, 0.1) is 19.8 Å². The lowest BCUT2D eigenvalue weighted by Crippen LogP contribution is -2.04. The lowest BCUT2D eigenvalue weighted by atomic mass is 10.0. The molecule has 1 heterocycles. The van der Waals surface area contributed by atoms with Crippen LogP contribution in [0.2, 0.25) is 0 Å². The van der Waals surface area contributed by atoms with Crippen LogP contribution in [-0.2, 0) is 0 Å². The van der Waals surface area contributed by atoms with Gasteiger partial charge in [-0.1, -0.05) is 0 Å². The molecule has 0 aliphatic rings. The molecule has 18 heavy (non-hydrogen) atoms. The Labute approximate surface area is 110 Å². The number of hydrogen-bond donors (Lipinski definition) is 0. The number of carbonyl (C=O) groups excluding carboxylic acids is 1. The Hall–Kier alpha value is -1.81. The van der Waals surface area contributed by atoms with Gasteiger partial charge in [-0.2, -0.15) is 0 Å². The minimum absolute atomic E-state index is 0.0201. The summed E-state index contributed by atoms with van der Waals surface area (Å²) >= 11 is 1.56. The summed E-state index contributed by atoms with van der Waals surface area (Å²) < 4.78 is 10.4. The maximum atomic E-state index is 12.4. The van der Waals surface area contributed by atoms with Gasteiger partial charge >= 0.3 is 0 Å². The van der Waals surface area contributed by atoms with E-state index in [1.807, 2.05) is 18.4 Å². The highest BCUT2D eigenvalue weighted by Gasteiger charge is 2.17. The fraction of sp³-hybridized carbons (Fsp3) is 0.214. The van der Waals surface area contributed by atoms with Gasteiger partial charge in [-0.15, -0.1) is 11.3 Å². The first-order chi connectivity index (χ1) is 8.67. The van der Waals surface area contributed by atoms with Crippen LogP contribution in [0.1, 0.15) is 20.8 Å². The zero-order valence-corrected chi connectivity index (χ0v) is 11.3. The fourth-order valence-corrected chi connectivity index (χ4v) is 2.45. The minimum Gasteiger partial charge on any atom is -0.497 e. The standard InChI is InChI=1S/C14H14O3S/c1-9-11(6-7-18-9)14(15)12-5-4-10(16-2)8-13(12)17-3/h4-8H,1-3H3. The Kier molecular flexibility index (Phi) is 3.67. The van der Waals surface area contributed by atoms with Crippen LogP contribution in [0, 0.1) is 6.92 Å². The van der Waals surface area contributed by atoms with E-state index in [0.717, 1.165) is 10.4 Å². The predicted octanol–water partition coefficient (Wildman–Crippen LogP) is 3.30. The van der Waals surface area contributed by atoms with Gasteiger partial charge in [0, 0.05) is 16.5 Å². The van der Waals surface area contributed by atoms with Crippen molar-refractivity contribution in [3.63, 3.8) is 0 Å². The van der Waals surface area contributed by atoms with E-state index >= 15 is 0 Å². The summed E-state index contributed by atoms with van der Waals surface area (Å²) in [6.07, 6.45) is 0. The lowest BCUT2D eigenvalue weighted by Gasteiger charge is -2.09. The number of ketones is 1. The molecule has 0 N–H and O–H groups in total. The second-order valence-electron chi connectivity index (χ2n) is 3.79. The van der Waals surface area contributed by atoms with Crippen LogP contribution in [-0.4, -0.2) is 20.0 Å². The van der Waals surface area contributed by atoms with Crippen LogP contribution in [0.25, 0.3) is 0 Å². The third-order valence-electron chi connectivity index (χ3n) is 2.76. The van der Waals surface area contributed by atoms with Gasteiger partial charge in [-0.05, 0) is 30.5 Å². The molecule has 0 fully saturated rings. The lowest BCUT2D eigenvalue weighted by molar-refractivity contribution is 0.103. The second kappa shape index (κ2) is 5.23. The quantitative estimate of drug-likeness (QED) is 0.793. The van der Waals surface area contributed by atoms with E-state index in [1.54, 1.807) is 43.8 Å². The first kappa shape index (κ1) is 12.6. The molecule has 94 valence electrons. The molecular weight excluding hydrogens is 248 g/mol. The van der Waals surface area contributed by atoms with E-state index in [4.69, 9.17) is 9.47 Å². The van der Waals surface area contributed by atoms with Crippen molar-refractivity contribution in [2.75, 3.05) is 14.2 Å². The maximum absolute atomic E-state index is 12.4. The van der Waals surface area contributed by atoms with E-state index in [9.17, 15) is 4.79 Å². The van der Waals surface area contributed by atoms with E-state index in [2.05, 4.69) is 0 Å². The predicted molar refractivity (Wildman–Crippen MR) is 72.0 cm³/mol. The maximum Gasteiger partial charge on any atom is 0.197 e. The molecule has 0 saturated heterocycles. The van der Waals surface area contributed by atoms with Crippen LogP contribution >= 0.6 is 11.3 Å². The normalized spacial score (nSPS) is 10.2. The van der Waals surface area contributed by atoms with Crippen LogP contribution in [0.4, 0.5) is 0 Å². The summed E-state index contributed by atoms with van der Waals surface area (Å²) in [4.78, 5) is 13.4. The monoisotopic (exact) mass is 262 g/mol. The van der Waals surface area contributed by atoms with Crippen molar-refractivity contribution in [3.05, 3.63) is 45.6 Å². The first-order valence-electron chi connectivity index (χ1n) is 5.48. The average Bonchev–Trinajstić information content (AvgIpc) is 2.83. The van der Waals surface area contributed by atoms with Gasteiger partial charge < -0.3 is 9.47 Å². The summed E-state index contributed by atoms with van der Waals surface area (Å²) in [6, 6.07) is 7.05. The van der Waals surface area contributed by atoms with Gasteiger partial charge in [0.1, 0.15) is 11.5 Å². The van der Waals surface area contributed by atoms with Crippen LogP contribution in [0.3, 0.4) is 0 Å². The van der Waals surface area contributed by atoms with Crippen LogP contribution in [0.15, 0.2) is 29.6 Å². The Morgan fingerprint density at radius 2 is 1.89 bits per heavy atom. The molecule has 3 nitrogen and oxygen atoms in total. The van der Waals surface area contributed by atoms with Crippen molar-refractivity contribution in [1.29, 1.82) is 0 Å². The van der Waals surface area contributed by atoms with Gasteiger partial charge in [-0.25, -0.2) is 0 Å². The molecule has 0 aliphatic carbocycles. The van der Waals surface area contributed by atoms with E-state index in [1.165, 1.54) is 0 Å². The summed E-state index contributed by atoms with van der Waals surface area (Å²) in [5.41, 5.74) is 1.28. The van der Waals surface area contributed by atoms with Gasteiger partial charge in [-0.3, -0.25) is 4.79 Å². The molecule has 0 radical (unpaired) electrons. The summed E-state index contributed by atoms with van der Waals surface area (Å²) in [7, 11) is 3.13.